The lowest BCUT2D eigenvalue weighted by molar-refractivity contribution is 0.246. The van der Waals surface area contributed by atoms with Crippen LogP contribution in [0.3, 0.4) is 0 Å². The van der Waals surface area contributed by atoms with Crippen molar-refractivity contribution in [2.24, 2.45) is 9.98 Å². The number of rotatable bonds is 9. The van der Waals surface area contributed by atoms with Crippen LogP contribution in [0.25, 0.3) is 5.70 Å². The van der Waals surface area contributed by atoms with Crippen molar-refractivity contribution in [3.63, 3.8) is 0 Å². The quantitative estimate of drug-likeness (QED) is 0.233. The highest BCUT2D eigenvalue weighted by Gasteiger charge is 2.17. The number of aliphatic hydroxyl groups excluding tert-OH is 1. The van der Waals surface area contributed by atoms with Crippen molar-refractivity contribution in [3.05, 3.63) is 110 Å². The number of methoxy groups -OCH3 is 1. The Hall–Kier alpha value is -3.75. The van der Waals surface area contributed by atoms with Gasteiger partial charge < -0.3 is 19.7 Å². The minimum Gasteiger partial charge on any atom is -0.481 e. The van der Waals surface area contributed by atoms with E-state index in [1.165, 1.54) is 22.8 Å². The van der Waals surface area contributed by atoms with Gasteiger partial charge in [0.05, 0.1) is 37.0 Å². The molecule has 3 rings (SSSR count). The van der Waals surface area contributed by atoms with Crippen LogP contribution in [0.1, 0.15) is 50.8 Å². The van der Waals surface area contributed by atoms with Crippen molar-refractivity contribution in [1.82, 2.24) is 9.88 Å². The molecule has 1 aromatic heterocycles. The van der Waals surface area contributed by atoms with Crippen LogP contribution in [0.5, 0.6) is 0 Å². The number of nitrogens with zero attached hydrogens (tertiary/aromatic N) is 3. The molecule has 2 N–H and O–H groups in total. The summed E-state index contributed by atoms with van der Waals surface area (Å²) in [5.74, 6) is 0.608. The molecule has 0 amide bonds. The maximum atomic E-state index is 14.1. The standard InChI is InChI=1S/C30H34ClFN4O3/c1-6-8-25(34-28(9-7-2)35-26-16-29(39-5)33-17-19(3)20(26)4)21-12-13-36(30(38)15-21)27(18-37)22-10-11-23(31)24(32)14-22/h6,8,10-16,27,37H,1,7,9,17-18H2,2-5H3,(H,34,35)/b25-8-. The molecule has 1 unspecified atom stereocenters. The van der Waals surface area contributed by atoms with Gasteiger partial charge in [-0.3, -0.25) is 4.79 Å². The SMILES string of the molecule is C=C/C=C(\N=C(CCC)NC1=CC(OC)=NCC(C)=C1C)c1ccn(C(CO)c2ccc(Cl)c(F)c2)c(=O)c1. The molecule has 1 atom stereocenters. The number of aliphatic hydroxyl groups is 1. The zero-order valence-electron chi connectivity index (χ0n) is 22.7. The maximum absolute atomic E-state index is 14.1. The molecule has 1 aliphatic heterocycles. The number of benzene rings is 1. The van der Waals surface area contributed by atoms with E-state index in [9.17, 15) is 14.3 Å². The van der Waals surface area contributed by atoms with E-state index in [1.54, 1.807) is 37.6 Å². The first kappa shape index (κ1) is 29.8. The number of amidine groups is 1. The van der Waals surface area contributed by atoms with Gasteiger partial charge in [-0.15, -0.1) is 0 Å². The number of aromatic nitrogens is 1. The maximum Gasteiger partial charge on any atom is 0.251 e. The number of hydrogen-bond acceptors (Lipinski definition) is 5. The number of nitrogens with one attached hydrogen (secondary N) is 1. The molecule has 1 aliphatic rings. The molecule has 2 heterocycles. The summed E-state index contributed by atoms with van der Waals surface area (Å²) in [7, 11) is 1.59. The third-order valence-corrected chi connectivity index (χ3v) is 6.68. The van der Waals surface area contributed by atoms with E-state index in [-0.39, 0.29) is 10.6 Å². The van der Waals surface area contributed by atoms with Crippen molar-refractivity contribution in [3.8, 4) is 0 Å². The second kappa shape index (κ2) is 13.9. The molecule has 0 saturated heterocycles. The Balaban J connectivity index is 2.00. The van der Waals surface area contributed by atoms with Crippen molar-refractivity contribution in [1.29, 1.82) is 0 Å². The molecule has 0 saturated carbocycles. The lowest BCUT2D eigenvalue weighted by Crippen LogP contribution is -2.27. The normalized spacial score (nSPS) is 15.4. The van der Waals surface area contributed by atoms with E-state index in [2.05, 4.69) is 23.8 Å². The van der Waals surface area contributed by atoms with Gasteiger partial charge in [-0.05, 0) is 61.3 Å². The summed E-state index contributed by atoms with van der Waals surface area (Å²) in [6.07, 6.45) is 8.25. The third-order valence-electron chi connectivity index (χ3n) is 6.37. The van der Waals surface area contributed by atoms with Gasteiger partial charge in [0, 0.05) is 36.0 Å². The van der Waals surface area contributed by atoms with Crippen molar-refractivity contribution in [2.75, 3.05) is 20.3 Å². The van der Waals surface area contributed by atoms with Gasteiger partial charge in [0.25, 0.3) is 5.56 Å². The molecule has 0 bridgehead atoms. The minimum atomic E-state index is -0.775. The van der Waals surface area contributed by atoms with E-state index < -0.39 is 18.5 Å². The average molecular weight is 553 g/mol. The van der Waals surface area contributed by atoms with Gasteiger partial charge in [0.2, 0.25) is 5.90 Å². The van der Waals surface area contributed by atoms with Gasteiger partial charge in [-0.25, -0.2) is 14.4 Å². The third kappa shape index (κ3) is 7.43. The first-order valence-electron chi connectivity index (χ1n) is 12.6. The van der Waals surface area contributed by atoms with E-state index in [4.69, 9.17) is 21.3 Å². The Kier molecular flexibility index (Phi) is 10.6. The van der Waals surface area contributed by atoms with E-state index in [0.29, 0.717) is 41.5 Å². The zero-order chi connectivity index (χ0) is 28.5. The molecule has 39 heavy (non-hydrogen) atoms. The highest BCUT2D eigenvalue weighted by molar-refractivity contribution is 6.30. The molecule has 1 aromatic carbocycles. The Bertz CT molecular complexity index is 1440. The van der Waals surface area contributed by atoms with Crippen molar-refractivity contribution >= 4 is 29.0 Å². The van der Waals surface area contributed by atoms with Crippen LogP contribution in [0, 0.1) is 5.82 Å². The van der Waals surface area contributed by atoms with Crippen LogP contribution in [0.15, 0.2) is 93.0 Å². The number of hydrogen-bond donors (Lipinski definition) is 2. The molecule has 206 valence electrons. The molecule has 0 fully saturated rings. The van der Waals surface area contributed by atoms with Gasteiger partial charge in [-0.2, -0.15) is 0 Å². The monoisotopic (exact) mass is 552 g/mol. The molecule has 7 nitrogen and oxygen atoms in total. The molecular formula is C30H34ClFN4O3. The Morgan fingerprint density at radius 1 is 1.36 bits per heavy atom. The van der Waals surface area contributed by atoms with Crippen LogP contribution >= 0.6 is 11.6 Å². The lowest BCUT2D eigenvalue weighted by atomic mass is 10.1. The largest absolute Gasteiger partial charge is 0.481 e. The summed E-state index contributed by atoms with van der Waals surface area (Å²) in [4.78, 5) is 22.5. The predicted molar refractivity (Wildman–Crippen MR) is 157 cm³/mol. The van der Waals surface area contributed by atoms with Crippen LogP contribution in [0.2, 0.25) is 5.02 Å². The van der Waals surface area contributed by atoms with Crippen LogP contribution in [-0.4, -0.2) is 41.7 Å². The first-order chi connectivity index (χ1) is 18.7. The van der Waals surface area contributed by atoms with Crippen LogP contribution < -0.4 is 10.9 Å². The second-order valence-electron chi connectivity index (χ2n) is 9.08. The number of aliphatic imine (C=N–C) groups is 2. The van der Waals surface area contributed by atoms with Gasteiger partial charge in [-0.1, -0.05) is 37.2 Å². The van der Waals surface area contributed by atoms with Crippen LogP contribution in [-0.2, 0) is 4.74 Å². The molecule has 0 aliphatic carbocycles. The predicted octanol–water partition coefficient (Wildman–Crippen LogP) is 5.82. The number of ether oxygens (including phenoxy) is 1. The topological polar surface area (TPSA) is 88.2 Å². The summed E-state index contributed by atoms with van der Waals surface area (Å²) in [5, 5.41) is 13.4. The van der Waals surface area contributed by atoms with E-state index >= 15 is 0 Å². The summed E-state index contributed by atoms with van der Waals surface area (Å²) in [6.45, 7) is 10.1. The highest BCUT2D eigenvalue weighted by Crippen LogP contribution is 2.24. The van der Waals surface area contributed by atoms with E-state index in [0.717, 1.165) is 23.3 Å². The van der Waals surface area contributed by atoms with Gasteiger partial charge in [0.15, 0.2) is 0 Å². The molecular weight excluding hydrogens is 519 g/mol. The van der Waals surface area contributed by atoms with Gasteiger partial charge >= 0.3 is 0 Å². The summed E-state index contributed by atoms with van der Waals surface area (Å²) in [5.41, 5.74) is 4.17. The first-order valence-corrected chi connectivity index (χ1v) is 13.0. The van der Waals surface area contributed by atoms with Gasteiger partial charge in [0.1, 0.15) is 11.7 Å². The fourth-order valence-electron chi connectivity index (χ4n) is 4.05. The number of allylic oxidation sites excluding steroid dienone is 3. The summed E-state index contributed by atoms with van der Waals surface area (Å²) < 4.78 is 20.8. The summed E-state index contributed by atoms with van der Waals surface area (Å²) >= 11 is 5.80. The van der Waals surface area contributed by atoms with Crippen LogP contribution in [0.4, 0.5) is 4.39 Å². The number of halogens is 2. The average Bonchev–Trinajstić information content (AvgIpc) is 3.05. The number of pyridine rings is 1. The molecule has 9 heteroatoms. The fraction of sp³-hybridized carbons (Fsp3) is 0.300. The van der Waals surface area contributed by atoms with Crippen molar-refractivity contribution in [2.45, 2.75) is 39.7 Å². The van der Waals surface area contributed by atoms with E-state index in [1.807, 2.05) is 19.9 Å². The fourth-order valence-corrected chi connectivity index (χ4v) is 4.17. The highest BCUT2D eigenvalue weighted by atomic mass is 35.5. The lowest BCUT2D eigenvalue weighted by Gasteiger charge is -2.19. The Morgan fingerprint density at radius 3 is 2.74 bits per heavy atom. The Morgan fingerprint density at radius 2 is 2.13 bits per heavy atom. The zero-order valence-corrected chi connectivity index (χ0v) is 23.4. The summed E-state index contributed by atoms with van der Waals surface area (Å²) in [6, 6.07) is 6.60. The molecule has 0 spiro atoms. The second-order valence-corrected chi connectivity index (χ2v) is 9.48. The minimum absolute atomic E-state index is 0.0297. The Labute approximate surface area is 233 Å². The molecule has 0 radical (unpaired) electrons. The molecule has 2 aromatic rings. The van der Waals surface area contributed by atoms with Crippen molar-refractivity contribution < 1.29 is 14.2 Å². The smallest absolute Gasteiger partial charge is 0.251 e.